The lowest BCUT2D eigenvalue weighted by molar-refractivity contribution is -0.274. The molecule has 2 heterocycles. The molecule has 43 heavy (non-hydrogen) atoms. The van der Waals surface area contributed by atoms with Crippen LogP contribution in [0.4, 0.5) is 18.0 Å². The standard InChI is InChI=1S/C31H29F3N6O2S/c1-4-22-7-5-6-8-27(22)40-21(3)18-43-30(40)37-29(41)35-17-20(2)23-9-11-24(12-10-23)28-36-19-39(38-28)25-13-15-26(16-14-25)42-31(32,33)34/h5-16,18-20H,4,17H2,1-3H3,(H,35,41). The second-order valence-electron chi connectivity index (χ2n) is 9.85. The maximum atomic E-state index is 12.8. The molecule has 0 radical (unpaired) electrons. The maximum Gasteiger partial charge on any atom is 0.573 e. The Morgan fingerprint density at radius 2 is 1.79 bits per heavy atom. The predicted octanol–water partition coefficient (Wildman–Crippen LogP) is 6.97. The maximum absolute atomic E-state index is 12.8. The molecule has 0 aliphatic carbocycles. The van der Waals surface area contributed by atoms with Gasteiger partial charge in [-0.3, -0.25) is 4.57 Å². The van der Waals surface area contributed by atoms with E-state index in [9.17, 15) is 18.0 Å². The van der Waals surface area contributed by atoms with Gasteiger partial charge in [-0.15, -0.1) is 29.6 Å². The fraction of sp³-hybridized carbons (Fsp3) is 0.226. The Balaban J connectivity index is 1.22. The highest BCUT2D eigenvalue weighted by atomic mass is 32.1. The molecular weight excluding hydrogens is 577 g/mol. The van der Waals surface area contributed by atoms with E-state index in [0.717, 1.165) is 28.9 Å². The smallest absolute Gasteiger partial charge is 0.406 e. The topological polar surface area (TPSA) is 86.3 Å². The van der Waals surface area contributed by atoms with Crippen LogP contribution < -0.4 is 14.9 Å². The van der Waals surface area contributed by atoms with Gasteiger partial charge in [-0.2, -0.15) is 4.99 Å². The molecule has 1 atom stereocenters. The number of amides is 2. The number of urea groups is 1. The Bertz CT molecular complexity index is 1770. The number of ether oxygens (including phenoxy) is 1. The van der Waals surface area contributed by atoms with E-state index < -0.39 is 12.4 Å². The second-order valence-corrected chi connectivity index (χ2v) is 10.7. The number of benzene rings is 3. The van der Waals surface area contributed by atoms with Gasteiger partial charge >= 0.3 is 12.4 Å². The van der Waals surface area contributed by atoms with E-state index in [0.29, 0.717) is 22.9 Å². The zero-order valence-electron chi connectivity index (χ0n) is 23.7. The average Bonchev–Trinajstić information content (AvgIpc) is 3.62. The third-order valence-electron chi connectivity index (χ3n) is 6.81. The third kappa shape index (κ3) is 7.20. The van der Waals surface area contributed by atoms with Gasteiger partial charge in [-0.1, -0.05) is 56.3 Å². The fourth-order valence-corrected chi connectivity index (χ4v) is 5.42. The molecule has 0 fully saturated rings. The van der Waals surface area contributed by atoms with Crippen molar-refractivity contribution in [3.05, 3.63) is 106 Å². The number of carbonyl (C=O) groups is 1. The Labute approximate surface area is 250 Å². The zero-order valence-corrected chi connectivity index (χ0v) is 24.5. The van der Waals surface area contributed by atoms with Crippen LogP contribution >= 0.6 is 11.3 Å². The SMILES string of the molecule is CCc1ccccc1-n1c(C)csc1=NC(=O)NCC(C)c1ccc(-c2ncn(-c3ccc(OC(F)(F)F)cc3)n2)cc1. The van der Waals surface area contributed by atoms with Crippen LogP contribution in [0.25, 0.3) is 22.8 Å². The molecule has 8 nitrogen and oxygen atoms in total. The second kappa shape index (κ2) is 12.7. The molecule has 1 unspecified atom stereocenters. The van der Waals surface area contributed by atoms with E-state index in [2.05, 4.69) is 38.1 Å². The molecule has 0 bridgehead atoms. The Morgan fingerprint density at radius 3 is 2.49 bits per heavy atom. The largest absolute Gasteiger partial charge is 0.573 e. The summed E-state index contributed by atoms with van der Waals surface area (Å²) in [5.41, 5.74) is 5.55. The molecule has 2 aromatic heterocycles. The lowest BCUT2D eigenvalue weighted by Crippen LogP contribution is -2.27. The molecule has 1 N–H and O–H groups in total. The molecule has 5 aromatic rings. The Morgan fingerprint density at radius 1 is 1.07 bits per heavy atom. The van der Waals surface area contributed by atoms with Gasteiger partial charge in [0.2, 0.25) is 0 Å². The molecule has 222 valence electrons. The van der Waals surface area contributed by atoms with Gasteiger partial charge in [0.1, 0.15) is 12.1 Å². The third-order valence-corrected chi connectivity index (χ3v) is 7.76. The van der Waals surface area contributed by atoms with E-state index in [1.54, 1.807) is 0 Å². The van der Waals surface area contributed by atoms with Crippen LogP contribution in [0, 0.1) is 6.92 Å². The van der Waals surface area contributed by atoms with E-state index >= 15 is 0 Å². The lowest BCUT2D eigenvalue weighted by Gasteiger charge is -2.13. The molecule has 5 rings (SSSR count). The van der Waals surface area contributed by atoms with Crippen molar-refractivity contribution < 1.29 is 22.7 Å². The molecule has 3 aromatic carbocycles. The fourth-order valence-electron chi connectivity index (χ4n) is 4.56. The van der Waals surface area contributed by atoms with Gasteiger partial charge in [-0.25, -0.2) is 14.5 Å². The number of para-hydroxylation sites is 1. The zero-order chi connectivity index (χ0) is 30.6. The quantitative estimate of drug-likeness (QED) is 0.207. The van der Waals surface area contributed by atoms with Crippen molar-refractivity contribution in [1.29, 1.82) is 0 Å². The molecule has 12 heteroatoms. The van der Waals surface area contributed by atoms with Crippen molar-refractivity contribution in [2.45, 2.75) is 39.5 Å². The summed E-state index contributed by atoms with van der Waals surface area (Å²) in [6.45, 7) is 6.52. The number of rotatable bonds is 8. The van der Waals surface area contributed by atoms with E-state index in [1.807, 2.05) is 66.3 Å². The van der Waals surface area contributed by atoms with E-state index in [1.165, 1.54) is 52.2 Å². The van der Waals surface area contributed by atoms with Crippen LogP contribution in [0.1, 0.15) is 36.6 Å². The molecular formula is C31H29F3N6O2S. The molecule has 0 aliphatic rings. The lowest BCUT2D eigenvalue weighted by atomic mass is 10.00. The monoisotopic (exact) mass is 606 g/mol. The molecule has 0 aliphatic heterocycles. The summed E-state index contributed by atoms with van der Waals surface area (Å²) in [4.78, 5) is 22.1. The van der Waals surface area contributed by atoms with Crippen molar-refractivity contribution in [3.63, 3.8) is 0 Å². The van der Waals surface area contributed by atoms with Crippen LogP contribution in [0.5, 0.6) is 5.75 Å². The molecule has 0 saturated carbocycles. The van der Waals surface area contributed by atoms with Crippen LogP contribution in [0.15, 0.2) is 89.5 Å². The minimum absolute atomic E-state index is 0.0224. The molecule has 0 spiro atoms. The van der Waals surface area contributed by atoms with Crippen LogP contribution in [-0.4, -0.2) is 38.3 Å². The Kier molecular flexibility index (Phi) is 8.76. The minimum atomic E-state index is -4.75. The first kappa shape index (κ1) is 29.8. The number of alkyl halides is 3. The van der Waals surface area contributed by atoms with Crippen LogP contribution in [-0.2, 0) is 6.42 Å². The van der Waals surface area contributed by atoms with Gasteiger partial charge in [0.15, 0.2) is 10.6 Å². The van der Waals surface area contributed by atoms with Crippen LogP contribution in [0.2, 0.25) is 0 Å². The van der Waals surface area contributed by atoms with Gasteiger partial charge < -0.3 is 10.1 Å². The number of nitrogens with zero attached hydrogens (tertiary/aromatic N) is 5. The highest BCUT2D eigenvalue weighted by Crippen LogP contribution is 2.25. The number of halogens is 3. The van der Waals surface area contributed by atoms with Crippen LogP contribution in [0.3, 0.4) is 0 Å². The predicted molar refractivity (Wildman–Crippen MR) is 159 cm³/mol. The van der Waals surface area contributed by atoms with E-state index in [4.69, 9.17) is 0 Å². The normalized spacial score (nSPS) is 12.7. The van der Waals surface area contributed by atoms with Crippen molar-refractivity contribution in [2.75, 3.05) is 6.54 Å². The first-order chi connectivity index (χ1) is 20.6. The highest BCUT2D eigenvalue weighted by Gasteiger charge is 2.31. The van der Waals surface area contributed by atoms with Crippen molar-refractivity contribution in [1.82, 2.24) is 24.6 Å². The number of aryl methyl sites for hydroxylation is 2. The number of hydrogen-bond acceptors (Lipinski definition) is 5. The van der Waals surface area contributed by atoms with Gasteiger partial charge in [-0.05, 0) is 60.7 Å². The van der Waals surface area contributed by atoms with Crippen molar-refractivity contribution in [3.8, 4) is 28.5 Å². The summed E-state index contributed by atoms with van der Waals surface area (Å²) in [5, 5.41) is 9.35. The highest BCUT2D eigenvalue weighted by molar-refractivity contribution is 7.07. The van der Waals surface area contributed by atoms with Crippen molar-refractivity contribution in [2.24, 2.45) is 4.99 Å². The number of thiazole rings is 1. The number of carbonyl (C=O) groups excluding carboxylic acids is 1. The van der Waals surface area contributed by atoms with Gasteiger partial charge in [0, 0.05) is 23.2 Å². The molecule has 2 amide bonds. The summed E-state index contributed by atoms with van der Waals surface area (Å²) in [6.07, 6.45) is -2.39. The van der Waals surface area contributed by atoms with E-state index in [-0.39, 0.29) is 11.7 Å². The summed E-state index contributed by atoms with van der Waals surface area (Å²) in [6, 6.07) is 20.8. The Hall–Kier alpha value is -4.71. The minimum Gasteiger partial charge on any atom is -0.406 e. The molecule has 0 saturated heterocycles. The van der Waals surface area contributed by atoms with Gasteiger partial charge in [0.05, 0.1) is 11.4 Å². The summed E-state index contributed by atoms with van der Waals surface area (Å²) in [7, 11) is 0. The number of nitrogens with one attached hydrogen (secondary N) is 1. The first-order valence-electron chi connectivity index (χ1n) is 13.6. The summed E-state index contributed by atoms with van der Waals surface area (Å²) in [5.74, 6) is 0.175. The summed E-state index contributed by atoms with van der Waals surface area (Å²) < 4.78 is 44.6. The van der Waals surface area contributed by atoms with Crippen molar-refractivity contribution >= 4 is 17.4 Å². The first-order valence-corrected chi connectivity index (χ1v) is 14.5. The average molecular weight is 607 g/mol. The number of aromatic nitrogens is 4. The number of hydrogen-bond donors (Lipinski definition) is 1. The summed E-state index contributed by atoms with van der Waals surface area (Å²) >= 11 is 1.43. The van der Waals surface area contributed by atoms with Gasteiger partial charge in [0.25, 0.3) is 0 Å².